The molecule has 8 heteroatoms. The first-order valence-corrected chi connectivity index (χ1v) is 9.23. The number of nitro groups is 1. The minimum atomic E-state index is -0.414. The van der Waals surface area contributed by atoms with Gasteiger partial charge in [-0.05, 0) is 36.5 Å². The van der Waals surface area contributed by atoms with Crippen LogP contribution >= 0.6 is 12.2 Å². The van der Waals surface area contributed by atoms with Crippen LogP contribution in [0.25, 0.3) is 0 Å². The van der Waals surface area contributed by atoms with Crippen molar-refractivity contribution in [2.45, 2.75) is 0 Å². The van der Waals surface area contributed by atoms with E-state index in [1.807, 2.05) is 30.3 Å². The van der Waals surface area contributed by atoms with Crippen LogP contribution in [0.1, 0.15) is 0 Å². The second-order valence-corrected chi connectivity index (χ2v) is 6.61. The zero-order valence-electron chi connectivity index (χ0n) is 14.9. The van der Waals surface area contributed by atoms with Crippen LogP contribution in [0.5, 0.6) is 5.75 Å². The maximum absolute atomic E-state index is 10.7. The third-order valence-electron chi connectivity index (χ3n) is 4.41. The molecule has 1 N–H and O–H groups in total. The molecule has 1 aliphatic heterocycles. The minimum Gasteiger partial charge on any atom is -0.492 e. The first-order valence-electron chi connectivity index (χ1n) is 8.82. The number of nitrogens with zero attached hydrogens (tertiary/aromatic N) is 3. The maximum Gasteiger partial charge on any atom is 0.269 e. The number of hydrogen-bond acceptors (Lipinski definition) is 5. The zero-order chi connectivity index (χ0) is 19.1. The molecule has 1 aliphatic rings. The lowest BCUT2D eigenvalue weighted by Crippen LogP contribution is -2.50. The molecule has 0 aromatic heterocycles. The van der Waals surface area contributed by atoms with Gasteiger partial charge in [-0.15, -0.1) is 0 Å². The Labute approximate surface area is 163 Å². The number of hydrogen-bond donors (Lipinski definition) is 1. The molecule has 0 spiro atoms. The first-order chi connectivity index (χ1) is 13.1. The van der Waals surface area contributed by atoms with Crippen LogP contribution in [0.15, 0.2) is 54.6 Å². The van der Waals surface area contributed by atoms with Gasteiger partial charge in [0.2, 0.25) is 0 Å². The number of nitro benzene ring substituents is 1. The number of ether oxygens (including phenoxy) is 1. The van der Waals surface area contributed by atoms with Gasteiger partial charge in [0.05, 0.1) is 4.92 Å². The summed E-state index contributed by atoms with van der Waals surface area (Å²) >= 11 is 5.47. The van der Waals surface area contributed by atoms with Gasteiger partial charge in [0, 0.05) is 50.5 Å². The summed E-state index contributed by atoms with van der Waals surface area (Å²) in [5.41, 5.74) is 0.821. The van der Waals surface area contributed by atoms with Gasteiger partial charge in [-0.1, -0.05) is 18.2 Å². The summed E-state index contributed by atoms with van der Waals surface area (Å²) in [5.74, 6) is 0.893. The zero-order valence-corrected chi connectivity index (χ0v) is 15.7. The predicted octanol–water partition coefficient (Wildman–Crippen LogP) is 2.99. The molecule has 7 nitrogen and oxygen atoms in total. The highest BCUT2D eigenvalue weighted by Crippen LogP contribution is 2.16. The van der Waals surface area contributed by atoms with Crippen molar-refractivity contribution >= 4 is 28.7 Å². The van der Waals surface area contributed by atoms with Gasteiger partial charge in [-0.2, -0.15) is 0 Å². The Balaban J connectivity index is 1.39. The fourth-order valence-electron chi connectivity index (χ4n) is 2.85. The number of rotatable bonds is 6. The van der Waals surface area contributed by atoms with Crippen molar-refractivity contribution in [1.82, 2.24) is 9.80 Å². The second-order valence-electron chi connectivity index (χ2n) is 6.22. The molecule has 3 rings (SSSR count). The van der Waals surface area contributed by atoms with Crippen LogP contribution in [0.2, 0.25) is 0 Å². The SMILES string of the molecule is O=[N+]([O-])c1ccc(NC(=S)N2CCN(CCOc3ccccc3)CC2)cc1. The Morgan fingerprint density at radius 3 is 2.37 bits per heavy atom. The van der Waals surface area contributed by atoms with E-state index in [0.29, 0.717) is 11.7 Å². The monoisotopic (exact) mass is 386 g/mol. The molecular weight excluding hydrogens is 364 g/mol. The Morgan fingerprint density at radius 1 is 1.07 bits per heavy atom. The molecule has 0 saturated carbocycles. The van der Waals surface area contributed by atoms with Crippen molar-refractivity contribution in [2.24, 2.45) is 0 Å². The van der Waals surface area contributed by atoms with E-state index in [1.165, 1.54) is 12.1 Å². The highest BCUT2D eigenvalue weighted by molar-refractivity contribution is 7.80. The average Bonchev–Trinajstić information content (AvgIpc) is 2.70. The van der Waals surface area contributed by atoms with Crippen molar-refractivity contribution in [2.75, 3.05) is 44.6 Å². The predicted molar refractivity (Wildman–Crippen MR) is 109 cm³/mol. The van der Waals surface area contributed by atoms with Crippen molar-refractivity contribution in [3.05, 3.63) is 64.7 Å². The normalized spacial score (nSPS) is 14.6. The fraction of sp³-hybridized carbons (Fsp3) is 0.316. The molecule has 1 fully saturated rings. The molecule has 0 bridgehead atoms. The van der Waals surface area contributed by atoms with Crippen LogP contribution in [0, 0.1) is 10.1 Å². The van der Waals surface area contributed by atoms with Crippen LogP contribution < -0.4 is 10.1 Å². The third-order valence-corrected chi connectivity index (χ3v) is 4.77. The van der Waals surface area contributed by atoms with Crippen LogP contribution in [-0.2, 0) is 0 Å². The molecule has 0 aliphatic carbocycles. The number of para-hydroxylation sites is 1. The Morgan fingerprint density at radius 2 is 1.74 bits per heavy atom. The molecular formula is C19H22N4O3S. The minimum absolute atomic E-state index is 0.0674. The van der Waals surface area contributed by atoms with Crippen molar-refractivity contribution < 1.29 is 9.66 Å². The number of nitrogens with one attached hydrogen (secondary N) is 1. The number of non-ortho nitro benzene ring substituents is 1. The lowest BCUT2D eigenvalue weighted by atomic mass is 10.3. The van der Waals surface area contributed by atoms with Gasteiger partial charge in [0.25, 0.3) is 5.69 Å². The molecule has 0 atom stereocenters. The van der Waals surface area contributed by atoms with Crippen molar-refractivity contribution in [1.29, 1.82) is 0 Å². The van der Waals surface area contributed by atoms with E-state index in [9.17, 15) is 10.1 Å². The van der Waals surface area contributed by atoms with Gasteiger partial charge in [0.1, 0.15) is 12.4 Å². The molecule has 2 aromatic rings. The lowest BCUT2D eigenvalue weighted by Gasteiger charge is -2.36. The molecule has 0 radical (unpaired) electrons. The van der Waals surface area contributed by atoms with Gasteiger partial charge in [0.15, 0.2) is 5.11 Å². The first kappa shape index (κ1) is 19.1. The summed E-state index contributed by atoms with van der Waals surface area (Å²) in [6.07, 6.45) is 0. The number of anilines is 1. The summed E-state index contributed by atoms with van der Waals surface area (Å²) < 4.78 is 5.75. The van der Waals surface area contributed by atoms with E-state index >= 15 is 0 Å². The van der Waals surface area contributed by atoms with E-state index in [2.05, 4.69) is 15.1 Å². The molecule has 2 aromatic carbocycles. The maximum atomic E-state index is 10.7. The van der Waals surface area contributed by atoms with Crippen LogP contribution in [0.3, 0.4) is 0 Å². The standard InChI is InChI=1S/C19H22N4O3S/c24-23(25)17-8-6-16(7-9-17)20-19(27)22-12-10-21(11-13-22)14-15-26-18-4-2-1-3-5-18/h1-9H,10-15H2,(H,20,27). The Hall–Kier alpha value is -2.71. The van der Waals surface area contributed by atoms with Crippen LogP contribution in [0.4, 0.5) is 11.4 Å². The van der Waals surface area contributed by atoms with Crippen molar-refractivity contribution in [3.63, 3.8) is 0 Å². The van der Waals surface area contributed by atoms with E-state index in [4.69, 9.17) is 17.0 Å². The summed E-state index contributed by atoms with van der Waals surface area (Å²) in [6, 6.07) is 16.1. The van der Waals surface area contributed by atoms with E-state index in [0.717, 1.165) is 44.2 Å². The van der Waals surface area contributed by atoms with Gasteiger partial charge in [-0.25, -0.2) is 0 Å². The molecule has 27 heavy (non-hydrogen) atoms. The average molecular weight is 386 g/mol. The van der Waals surface area contributed by atoms with E-state index < -0.39 is 4.92 Å². The van der Waals surface area contributed by atoms with Gasteiger partial charge >= 0.3 is 0 Å². The largest absolute Gasteiger partial charge is 0.492 e. The summed E-state index contributed by atoms with van der Waals surface area (Å²) in [5, 5.41) is 14.5. The highest BCUT2D eigenvalue weighted by Gasteiger charge is 2.19. The Bertz CT molecular complexity index is 762. The van der Waals surface area contributed by atoms with Crippen LogP contribution in [-0.4, -0.2) is 59.2 Å². The quantitative estimate of drug-likeness (QED) is 0.465. The molecule has 0 amide bonds. The number of thiocarbonyl (C=S) groups is 1. The van der Waals surface area contributed by atoms with E-state index in [-0.39, 0.29) is 5.69 Å². The smallest absolute Gasteiger partial charge is 0.269 e. The number of benzene rings is 2. The summed E-state index contributed by atoms with van der Waals surface area (Å²) in [7, 11) is 0. The molecule has 1 saturated heterocycles. The molecule has 142 valence electrons. The topological polar surface area (TPSA) is 70.9 Å². The Kier molecular flexibility index (Phi) is 6.56. The number of piperazine rings is 1. The fourth-order valence-corrected chi connectivity index (χ4v) is 3.15. The van der Waals surface area contributed by atoms with E-state index in [1.54, 1.807) is 12.1 Å². The second kappa shape index (κ2) is 9.29. The summed E-state index contributed by atoms with van der Waals surface area (Å²) in [4.78, 5) is 14.8. The molecule has 1 heterocycles. The third kappa shape index (κ3) is 5.63. The van der Waals surface area contributed by atoms with Gasteiger partial charge in [-0.3, -0.25) is 15.0 Å². The van der Waals surface area contributed by atoms with Crippen molar-refractivity contribution in [3.8, 4) is 5.75 Å². The summed E-state index contributed by atoms with van der Waals surface area (Å²) in [6.45, 7) is 5.05. The van der Waals surface area contributed by atoms with Gasteiger partial charge < -0.3 is 15.0 Å². The lowest BCUT2D eigenvalue weighted by molar-refractivity contribution is -0.384. The highest BCUT2D eigenvalue weighted by atomic mass is 32.1. The molecule has 0 unspecified atom stereocenters.